The van der Waals surface area contributed by atoms with E-state index in [0.29, 0.717) is 22.6 Å². The maximum atomic E-state index is 12.8. The lowest BCUT2D eigenvalue weighted by Gasteiger charge is -2.16. The molecule has 0 aliphatic carbocycles. The van der Waals surface area contributed by atoms with E-state index >= 15 is 0 Å². The number of nitriles is 1. The first-order valence-corrected chi connectivity index (χ1v) is 10.2. The van der Waals surface area contributed by atoms with Gasteiger partial charge < -0.3 is 15.2 Å². The fourth-order valence-electron chi connectivity index (χ4n) is 3.54. The number of imidazole rings is 1. The van der Waals surface area contributed by atoms with E-state index < -0.39 is 6.04 Å². The van der Waals surface area contributed by atoms with Gasteiger partial charge in [0.1, 0.15) is 12.4 Å². The molecule has 0 aliphatic rings. The zero-order valence-electron chi connectivity index (χ0n) is 17.4. The lowest BCUT2D eigenvalue weighted by atomic mass is 10.2. The molecule has 158 valence electrons. The number of fused-ring (bicyclic) bond motifs is 1. The van der Waals surface area contributed by atoms with Gasteiger partial charge in [0.15, 0.2) is 0 Å². The summed E-state index contributed by atoms with van der Waals surface area (Å²) < 4.78 is 1.80. The van der Waals surface area contributed by atoms with Crippen LogP contribution in [-0.2, 0) is 11.3 Å². The molecule has 3 aromatic carbocycles. The molecule has 0 unspecified atom stereocenters. The average molecular weight is 423 g/mol. The molecule has 4 aromatic rings. The third-order valence-corrected chi connectivity index (χ3v) is 5.03. The first-order valence-electron chi connectivity index (χ1n) is 10.2. The van der Waals surface area contributed by atoms with E-state index in [1.165, 1.54) is 0 Å². The number of rotatable bonds is 6. The second-order valence-electron chi connectivity index (χ2n) is 7.35. The van der Waals surface area contributed by atoms with Crippen LogP contribution in [-0.4, -0.2) is 21.4 Å². The summed E-state index contributed by atoms with van der Waals surface area (Å²) in [7, 11) is 0. The maximum absolute atomic E-state index is 12.8. The summed E-state index contributed by atoms with van der Waals surface area (Å²) in [6.45, 7) is 1.85. The SMILES string of the molecule is C[C@@H](NC(=O)c1ccccc1)c1nc2ccccc2n1CC(=O)Nc1cccc(C#N)c1. The van der Waals surface area contributed by atoms with E-state index in [1.807, 2.05) is 37.3 Å². The van der Waals surface area contributed by atoms with Gasteiger partial charge in [-0.1, -0.05) is 36.4 Å². The Bertz CT molecular complexity index is 1320. The Morgan fingerprint density at radius 2 is 1.78 bits per heavy atom. The van der Waals surface area contributed by atoms with E-state index in [4.69, 9.17) is 5.26 Å². The molecule has 7 nitrogen and oxygen atoms in total. The molecular weight excluding hydrogens is 402 g/mol. The first-order chi connectivity index (χ1) is 15.5. The molecule has 4 rings (SSSR count). The molecule has 0 fully saturated rings. The van der Waals surface area contributed by atoms with Gasteiger partial charge in [0.25, 0.3) is 5.91 Å². The highest BCUT2D eigenvalue weighted by molar-refractivity contribution is 5.94. The molecule has 2 N–H and O–H groups in total. The van der Waals surface area contributed by atoms with Gasteiger partial charge in [-0.05, 0) is 49.4 Å². The summed E-state index contributed by atoms with van der Waals surface area (Å²) in [4.78, 5) is 30.1. The topological polar surface area (TPSA) is 99.8 Å². The second-order valence-corrected chi connectivity index (χ2v) is 7.35. The summed E-state index contributed by atoms with van der Waals surface area (Å²) in [6.07, 6.45) is 0. The third kappa shape index (κ3) is 4.50. The van der Waals surface area contributed by atoms with Gasteiger partial charge in [-0.25, -0.2) is 4.98 Å². The highest BCUT2D eigenvalue weighted by Crippen LogP contribution is 2.21. The fourth-order valence-corrected chi connectivity index (χ4v) is 3.54. The number of carbonyl (C=O) groups excluding carboxylic acids is 2. The zero-order valence-corrected chi connectivity index (χ0v) is 17.4. The Balaban J connectivity index is 1.59. The molecule has 2 amide bonds. The molecular formula is C25H21N5O2. The van der Waals surface area contributed by atoms with E-state index in [-0.39, 0.29) is 18.4 Å². The van der Waals surface area contributed by atoms with Crippen LogP contribution in [0.4, 0.5) is 5.69 Å². The van der Waals surface area contributed by atoms with Gasteiger partial charge >= 0.3 is 0 Å². The van der Waals surface area contributed by atoms with Crippen molar-refractivity contribution in [2.24, 2.45) is 0 Å². The first kappa shape index (κ1) is 20.8. The van der Waals surface area contributed by atoms with Crippen LogP contribution in [0.1, 0.15) is 34.7 Å². The van der Waals surface area contributed by atoms with Gasteiger partial charge in [0.05, 0.1) is 28.7 Å². The number of amides is 2. The van der Waals surface area contributed by atoms with Gasteiger partial charge in [-0.3, -0.25) is 9.59 Å². The van der Waals surface area contributed by atoms with E-state index in [2.05, 4.69) is 21.7 Å². The van der Waals surface area contributed by atoms with Crippen molar-refractivity contribution in [3.8, 4) is 6.07 Å². The summed E-state index contributed by atoms with van der Waals surface area (Å²) in [5.41, 5.74) is 3.10. The van der Waals surface area contributed by atoms with E-state index in [9.17, 15) is 9.59 Å². The maximum Gasteiger partial charge on any atom is 0.251 e. The standard InChI is InChI=1S/C25H21N5O2/c1-17(27-25(32)19-9-3-2-4-10-19)24-29-21-12-5-6-13-22(21)30(24)16-23(31)28-20-11-7-8-18(14-20)15-26/h2-14,17H,16H2,1H3,(H,27,32)(H,28,31)/t17-/m1/s1. The van der Waals surface area contributed by atoms with Crippen molar-refractivity contribution in [1.29, 1.82) is 5.26 Å². The summed E-state index contributed by atoms with van der Waals surface area (Å²) in [6, 6.07) is 24.8. The number of anilines is 1. The zero-order chi connectivity index (χ0) is 22.5. The van der Waals surface area contributed by atoms with Gasteiger partial charge in [0.2, 0.25) is 5.91 Å². The minimum absolute atomic E-state index is 0.0121. The van der Waals surface area contributed by atoms with Crippen LogP contribution < -0.4 is 10.6 Å². The Morgan fingerprint density at radius 1 is 1.03 bits per heavy atom. The van der Waals surface area contributed by atoms with Crippen LogP contribution in [0, 0.1) is 11.3 Å². The lowest BCUT2D eigenvalue weighted by molar-refractivity contribution is -0.116. The Labute approximate surface area is 185 Å². The molecule has 1 aromatic heterocycles. The van der Waals surface area contributed by atoms with Crippen molar-refractivity contribution in [3.63, 3.8) is 0 Å². The third-order valence-electron chi connectivity index (χ3n) is 5.03. The normalized spacial score (nSPS) is 11.5. The molecule has 32 heavy (non-hydrogen) atoms. The van der Waals surface area contributed by atoms with Crippen molar-refractivity contribution in [2.75, 3.05) is 5.32 Å². The number of carbonyl (C=O) groups is 2. The number of hydrogen-bond acceptors (Lipinski definition) is 4. The molecule has 0 aliphatic heterocycles. The van der Waals surface area contributed by atoms with Crippen molar-refractivity contribution in [2.45, 2.75) is 19.5 Å². The number of benzene rings is 3. The number of hydrogen-bond donors (Lipinski definition) is 2. The fraction of sp³-hybridized carbons (Fsp3) is 0.120. The molecule has 0 spiro atoms. The van der Waals surface area contributed by atoms with Crippen molar-refractivity contribution in [3.05, 3.63) is 95.8 Å². The minimum atomic E-state index is -0.426. The number of aromatic nitrogens is 2. The van der Waals surface area contributed by atoms with E-state index in [1.54, 1.807) is 53.1 Å². The van der Waals surface area contributed by atoms with Crippen LogP contribution in [0.3, 0.4) is 0 Å². The number of nitrogens with zero attached hydrogens (tertiary/aromatic N) is 3. The monoisotopic (exact) mass is 423 g/mol. The lowest BCUT2D eigenvalue weighted by Crippen LogP contribution is -2.30. The molecule has 0 saturated carbocycles. The predicted octanol–water partition coefficient (Wildman–Crippen LogP) is 4.04. The Hall–Kier alpha value is -4.44. The van der Waals surface area contributed by atoms with Gasteiger partial charge in [0, 0.05) is 11.3 Å². The molecule has 1 heterocycles. The average Bonchev–Trinajstić information content (AvgIpc) is 3.18. The minimum Gasteiger partial charge on any atom is -0.342 e. The largest absolute Gasteiger partial charge is 0.342 e. The van der Waals surface area contributed by atoms with Crippen LogP contribution in [0.25, 0.3) is 11.0 Å². The molecule has 7 heteroatoms. The summed E-state index contributed by atoms with van der Waals surface area (Å²) in [5.74, 6) is 0.108. The Morgan fingerprint density at radius 3 is 2.56 bits per heavy atom. The molecule has 0 radical (unpaired) electrons. The number of nitrogens with one attached hydrogen (secondary N) is 2. The van der Waals surface area contributed by atoms with Gasteiger partial charge in [-0.15, -0.1) is 0 Å². The van der Waals surface area contributed by atoms with Crippen LogP contribution >= 0.6 is 0 Å². The second kappa shape index (κ2) is 9.14. The summed E-state index contributed by atoms with van der Waals surface area (Å²) in [5, 5.41) is 14.9. The van der Waals surface area contributed by atoms with Crippen molar-refractivity contribution >= 4 is 28.5 Å². The highest BCUT2D eigenvalue weighted by atomic mass is 16.2. The molecule has 0 saturated heterocycles. The van der Waals surface area contributed by atoms with Crippen molar-refractivity contribution in [1.82, 2.24) is 14.9 Å². The quantitative estimate of drug-likeness (QED) is 0.489. The van der Waals surface area contributed by atoms with Gasteiger partial charge in [-0.2, -0.15) is 5.26 Å². The molecule has 0 bridgehead atoms. The van der Waals surface area contributed by atoms with Crippen LogP contribution in [0.5, 0.6) is 0 Å². The van der Waals surface area contributed by atoms with Crippen LogP contribution in [0.15, 0.2) is 78.9 Å². The van der Waals surface area contributed by atoms with E-state index in [0.717, 1.165) is 11.0 Å². The summed E-state index contributed by atoms with van der Waals surface area (Å²) >= 11 is 0. The van der Waals surface area contributed by atoms with Crippen LogP contribution in [0.2, 0.25) is 0 Å². The predicted molar refractivity (Wildman–Crippen MR) is 122 cm³/mol. The van der Waals surface area contributed by atoms with Crippen molar-refractivity contribution < 1.29 is 9.59 Å². The number of para-hydroxylation sites is 2. The Kier molecular flexibility index (Phi) is 5.95. The smallest absolute Gasteiger partial charge is 0.251 e. The molecule has 1 atom stereocenters. The highest BCUT2D eigenvalue weighted by Gasteiger charge is 2.20.